The molecule has 43 heavy (non-hydrogen) atoms. The van der Waals surface area contributed by atoms with Crippen molar-refractivity contribution in [1.29, 1.82) is 0 Å². The highest BCUT2D eigenvalue weighted by Crippen LogP contribution is 2.25. The van der Waals surface area contributed by atoms with Gasteiger partial charge in [-0.1, -0.05) is 78.9 Å². The van der Waals surface area contributed by atoms with Crippen LogP contribution in [0, 0.1) is 5.82 Å². The summed E-state index contributed by atoms with van der Waals surface area (Å²) in [5.74, 6) is -1.40. The molecular weight excluding hydrogens is 565 g/mol. The van der Waals surface area contributed by atoms with Gasteiger partial charge in [0.15, 0.2) is 0 Å². The van der Waals surface area contributed by atoms with Gasteiger partial charge in [-0.15, -0.1) is 0 Å². The molecule has 0 fully saturated rings. The van der Waals surface area contributed by atoms with Crippen molar-refractivity contribution in [1.82, 2.24) is 10.2 Å². The number of para-hydroxylation sites is 1. The number of carbonyl (C=O) groups excluding carboxylic acids is 2. The second kappa shape index (κ2) is 13.6. The Morgan fingerprint density at radius 1 is 0.767 bits per heavy atom. The molecule has 7 nitrogen and oxygen atoms in total. The van der Waals surface area contributed by atoms with Gasteiger partial charge < -0.3 is 10.2 Å². The van der Waals surface area contributed by atoms with Gasteiger partial charge in [-0.2, -0.15) is 0 Å². The van der Waals surface area contributed by atoms with E-state index in [-0.39, 0.29) is 23.8 Å². The molecule has 0 aliphatic carbocycles. The number of nitrogens with one attached hydrogen (secondary N) is 1. The number of rotatable bonds is 11. The fraction of sp³-hybridized carbons (Fsp3) is 0.235. The lowest BCUT2D eigenvalue weighted by Gasteiger charge is -2.35. The fourth-order valence-corrected chi connectivity index (χ4v) is 6.07. The van der Waals surface area contributed by atoms with Crippen LogP contribution in [0.5, 0.6) is 0 Å². The van der Waals surface area contributed by atoms with Crippen LogP contribution in [0.3, 0.4) is 0 Å². The Labute approximate surface area is 253 Å². The number of carbonyl (C=O) groups is 2. The second-order valence-corrected chi connectivity index (χ2v) is 13.1. The van der Waals surface area contributed by atoms with E-state index in [0.29, 0.717) is 11.3 Å². The quantitative estimate of drug-likeness (QED) is 0.243. The SMILES string of the molecule is CC(C)(C)NC(=O)[C@@H](Cc1ccccc1)N(Cc1ccc(F)cc1)C(=O)CN(c1ccccc1)S(=O)(=O)c1ccccc1. The molecule has 9 heteroatoms. The van der Waals surface area contributed by atoms with Crippen molar-refractivity contribution in [3.63, 3.8) is 0 Å². The van der Waals surface area contributed by atoms with Gasteiger partial charge in [-0.25, -0.2) is 12.8 Å². The van der Waals surface area contributed by atoms with Crippen molar-refractivity contribution in [2.75, 3.05) is 10.8 Å². The van der Waals surface area contributed by atoms with Crippen LogP contribution in [0.15, 0.2) is 120 Å². The number of anilines is 1. The highest BCUT2D eigenvalue weighted by Gasteiger charge is 2.35. The van der Waals surface area contributed by atoms with E-state index < -0.39 is 39.9 Å². The van der Waals surface area contributed by atoms with Gasteiger partial charge in [0.2, 0.25) is 11.8 Å². The minimum absolute atomic E-state index is 0.0306. The van der Waals surface area contributed by atoms with Gasteiger partial charge in [0.05, 0.1) is 10.6 Å². The smallest absolute Gasteiger partial charge is 0.264 e. The van der Waals surface area contributed by atoms with Crippen LogP contribution in [-0.4, -0.2) is 43.3 Å². The van der Waals surface area contributed by atoms with Crippen molar-refractivity contribution in [2.45, 2.75) is 50.2 Å². The first-order valence-corrected chi connectivity index (χ1v) is 15.4. The molecule has 0 aliphatic rings. The molecule has 1 atom stereocenters. The molecule has 4 rings (SSSR count). The maximum absolute atomic E-state index is 14.3. The van der Waals surface area contributed by atoms with E-state index in [2.05, 4.69) is 5.32 Å². The van der Waals surface area contributed by atoms with Gasteiger partial charge in [0.25, 0.3) is 10.0 Å². The summed E-state index contributed by atoms with van der Waals surface area (Å²) in [5.41, 5.74) is 1.13. The second-order valence-electron chi connectivity index (χ2n) is 11.3. The van der Waals surface area contributed by atoms with Crippen molar-refractivity contribution in [2.24, 2.45) is 0 Å². The molecule has 0 heterocycles. The van der Waals surface area contributed by atoms with Gasteiger partial charge in [0, 0.05) is 18.5 Å². The van der Waals surface area contributed by atoms with E-state index in [0.717, 1.165) is 9.87 Å². The van der Waals surface area contributed by atoms with Crippen LogP contribution in [0.2, 0.25) is 0 Å². The summed E-state index contributed by atoms with van der Waals surface area (Å²) in [7, 11) is -4.16. The third kappa shape index (κ3) is 8.51. The minimum Gasteiger partial charge on any atom is -0.350 e. The Morgan fingerprint density at radius 3 is 1.86 bits per heavy atom. The van der Waals surface area contributed by atoms with Crippen LogP contribution >= 0.6 is 0 Å². The van der Waals surface area contributed by atoms with E-state index >= 15 is 0 Å². The lowest BCUT2D eigenvalue weighted by molar-refractivity contribution is -0.140. The zero-order chi connectivity index (χ0) is 31.0. The molecular formula is C34H36FN3O4S. The summed E-state index contributed by atoms with van der Waals surface area (Å²) >= 11 is 0. The number of nitrogens with zero attached hydrogens (tertiary/aromatic N) is 2. The van der Waals surface area contributed by atoms with Crippen LogP contribution in [0.25, 0.3) is 0 Å². The molecule has 0 aromatic heterocycles. The van der Waals surface area contributed by atoms with Gasteiger partial charge in [0.1, 0.15) is 18.4 Å². The monoisotopic (exact) mass is 601 g/mol. The van der Waals surface area contributed by atoms with Crippen molar-refractivity contribution in [3.8, 4) is 0 Å². The van der Waals surface area contributed by atoms with Crippen LogP contribution in [0.1, 0.15) is 31.9 Å². The maximum atomic E-state index is 14.3. The maximum Gasteiger partial charge on any atom is 0.264 e. The summed E-state index contributed by atoms with van der Waals surface area (Å²) in [5, 5.41) is 2.99. The number of halogens is 1. The summed E-state index contributed by atoms with van der Waals surface area (Å²) in [4.78, 5) is 29.6. The van der Waals surface area contributed by atoms with Crippen molar-refractivity contribution < 1.29 is 22.4 Å². The molecule has 2 amide bonds. The van der Waals surface area contributed by atoms with Crippen LogP contribution in [0.4, 0.5) is 10.1 Å². The summed E-state index contributed by atoms with van der Waals surface area (Å²) in [6.45, 7) is 4.94. The molecule has 4 aromatic carbocycles. The number of amides is 2. The van der Waals surface area contributed by atoms with Crippen LogP contribution < -0.4 is 9.62 Å². The summed E-state index contributed by atoms with van der Waals surface area (Å²) in [6, 6.07) is 30.3. The molecule has 0 spiro atoms. The average molecular weight is 602 g/mol. The highest BCUT2D eigenvalue weighted by molar-refractivity contribution is 7.92. The molecule has 0 unspecified atom stereocenters. The molecule has 4 aromatic rings. The Bertz CT molecular complexity index is 1610. The molecule has 0 aliphatic heterocycles. The Hall–Kier alpha value is -4.50. The van der Waals surface area contributed by atoms with Crippen molar-refractivity contribution in [3.05, 3.63) is 132 Å². The zero-order valence-corrected chi connectivity index (χ0v) is 25.3. The Balaban J connectivity index is 1.79. The Kier molecular flexibility index (Phi) is 9.98. The van der Waals surface area contributed by atoms with E-state index in [1.54, 1.807) is 60.7 Å². The molecule has 0 radical (unpaired) electrons. The van der Waals surface area contributed by atoms with Gasteiger partial charge in [-0.05, 0) is 68.3 Å². The highest BCUT2D eigenvalue weighted by atomic mass is 32.2. The third-order valence-electron chi connectivity index (χ3n) is 6.69. The number of hydrogen-bond acceptors (Lipinski definition) is 4. The van der Waals surface area contributed by atoms with E-state index in [4.69, 9.17) is 0 Å². The first-order chi connectivity index (χ1) is 20.4. The van der Waals surface area contributed by atoms with E-state index in [1.807, 2.05) is 51.1 Å². The van der Waals surface area contributed by atoms with Crippen LogP contribution in [-0.2, 0) is 32.6 Å². The largest absolute Gasteiger partial charge is 0.350 e. The third-order valence-corrected chi connectivity index (χ3v) is 8.48. The summed E-state index contributed by atoms with van der Waals surface area (Å²) in [6.07, 6.45) is 0.187. The number of benzene rings is 4. The van der Waals surface area contributed by atoms with Crippen molar-refractivity contribution >= 4 is 27.5 Å². The predicted octanol–water partition coefficient (Wildman–Crippen LogP) is 5.58. The number of hydrogen-bond donors (Lipinski definition) is 1. The number of sulfonamides is 1. The van der Waals surface area contributed by atoms with E-state index in [9.17, 15) is 22.4 Å². The molecule has 224 valence electrons. The topological polar surface area (TPSA) is 86.8 Å². The zero-order valence-electron chi connectivity index (χ0n) is 24.5. The van der Waals surface area contributed by atoms with Gasteiger partial charge >= 0.3 is 0 Å². The lowest BCUT2D eigenvalue weighted by atomic mass is 10.0. The van der Waals surface area contributed by atoms with Gasteiger partial charge in [-0.3, -0.25) is 13.9 Å². The summed E-state index contributed by atoms with van der Waals surface area (Å²) < 4.78 is 42.6. The molecule has 0 saturated carbocycles. The average Bonchev–Trinajstić information content (AvgIpc) is 2.99. The lowest BCUT2D eigenvalue weighted by Crippen LogP contribution is -2.56. The minimum atomic E-state index is -4.16. The fourth-order valence-electron chi connectivity index (χ4n) is 4.64. The molecule has 0 saturated heterocycles. The normalized spacial score (nSPS) is 12.3. The predicted molar refractivity (Wildman–Crippen MR) is 166 cm³/mol. The Morgan fingerprint density at radius 2 is 1.30 bits per heavy atom. The standard InChI is InChI=1S/C34H36FN3O4S/c1-34(2,3)36-33(40)31(23-26-13-7-4-8-14-26)37(24-27-19-21-28(35)22-20-27)32(39)25-38(29-15-9-5-10-16-29)43(41,42)30-17-11-6-12-18-30/h4-22,31H,23-25H2,1-3H3,(H,36,40)/t31-/m1/s1. The first-order valence-electron chi connectivity index (χ1n) is 14.0. The molecule has 0 bridgehead atoms. The van der Waals surface area contributed by atoms with E-state index in [1.165, 1.54) is 29.2 Å². The first kappa shape index (κ1) is 31.4. The molecule has 1 N–H and O–H groups in total.